The van der Waals surface area contributed by atoms with E-state index >= 15 is 0 Å². The van der Waals surface area contributed by atoms with Gasteiger partial charge in [0.1, 0.15) is 11.5 Å². The Hall–Kier alpha value is -3.02. The molecule has 1 amide bonds. The Labute approximate surface area is 134 Å². The Morgan fingerprint density at radius 1 is 1.30 bits per heavy atom. The van der Waals surface area contributed by atoms with Crippen LogP contribution in [0, 0.1) is 0 Å². The molecule has 4 N–H and O–H groups in total. The first-order valence-corrected chi connectivity index (χ1v) is 7.25. The summed E-state index contributed by atoms with van der Waals surface area (Å²) in [6.07, 6.45) is 2.26. The molecule has 0 fully saturated rings. The number of nitrogens with one attached hydrogen (secondary N) is 1. The summed E-state index contributed by atoms with van der Waals surface area (Å²) in [6, 6.07) is 11.4. The Kier molecular flexibility index (Phi) is 5.57. The molecule has 0 unspecified atom stereocenters. The largest absolute Gasteiger partial charge is 0.507 e. The van der Waals surface area contributed by atoms with Gasteiger partial charge in [0.25, 0.3) is 5.91 Å². The molecule has 0 aliphatic carbocycles. The first-order valence-electron chi connectivity index (χ1n) is 7.25. The van der Waals surface area contributed by atoms with Gasteiger partial charge in [0.2, 0.25) is 0 Å². The predicted octanol–water partition coefficient (Wildman–Crippen LogP) is 2.53. The summed E-state index contributed by atoms with van der Waals surface area (Å²) >= 11 is 0. The lowest BCUT2D eigenvalue weighted by Crippen LogP contribution is -2.17. The number of amides is 1. The first-order chi connectivity index (χ1) is 11.1. The van der Waals surface area contributed by atoms with E-state index in [1.807, 2.05) is 6.92 Å². The first kappa shape index (κ1) is 16.4. The van der Waals surface area contributed by atoms with Gasteiger partial charge in [-0.05, 0) is 42.8 Å². The van der Waals surface area contributed by atoms with Gasteiger partial charge in [0.05, 0.1) is 12.8 Å². The molecule has 0 aliphatic rings. The second-order valence-corrected chi connectivity index (χ2v) is 4.89. The van der Waals surface area contributed by atoms with Crippen molar-refractivity contribution < 1.29 is 14.6 Å². The molecule has 6 heteroatoms. The van der Waals surface area contributed by atoms with Crippen molar-refractivity contribution in [2.75, 3.05) is 12.3 Å². The van der Waals surface area contributed by atoms with Crippen LogP contribution in [0.15, 0.2) is 47.6 Å². The number of phenolic OH excluding ortho intramolecular Hbond substituents is 1. The van der Waals surface area contributed by atoms with Crippen molar-refractivity contribution in [3.8, 4) is 11.5 Å². The lowest BCUT2D eigenvalue weighted by atomic mass is 10.2. The van der Waals surface area contributed by atoms with Crippen molar-refractivity contribution in [2.45, 2.75) is 13.3 Å². The van der Waals surface area contributed by atoms with E-state index in [9.17, 15) is 9.90 Å². The van der Waals surface area contributed by atoms with Crippen molar-refractivity contribution in [1.29, 1.82) is 0 Å². The van der Waals surface area contributed by atoms with Crippen molar-refractivity contribution in [3.63, 3.8) is 0 Å². The van der Waals surface area contributed by atoms with Crippen molar-refractivity contribution >= 4 is 17.8 Å². The van der Waals surface area contributed by atoms with E-state index in [1.54, 1.807) is 36.4 Å². The Morgan fingerprint density at radius 3 is 2.70 bits per heavy atom. The molecule has 0 spiro atoms. The molecule has 0 atom stereocenters. The van der Waals surface area contributed by atoms with Crippen LogP contribution in [0.1, 0.15) is 29.3 Å². The highest BCUT2D eigenvalue weighted by atomic mass is 16.5. The zero-order valence-electron chi connectivity index (χ0n) is 12.8. The fraction of sp³-hybridized carbons (Fsp3) is 0.176. The minimum absolute atomic E-state index is 0.0316. The third-order valence-corrected chi connectivity index (χ3v) is 3.02. The average molecular weight is 313 g/mol. The van der Waals surface area contributed by atoms with Gasteiger partial charge in [-0.1, -0.05) is 6.92 Å². The number of hydrazone groups is 1. The Bertz CT molecular complexity index is 697. The number of ether oxygens (including phenoxy) is 1. The minimum atomic E-state index is -0.358. The topological polar surface area (TPSA) is 96.9 Å². The van der Waals surface area contributed by atoms with Crippen LogP contribution in [0.2, 0.25) is 0 Å². The van der Waals surface area contributed by atoms with Crippen molar-refractivity contribution in [3.05, 3.63) is 53.6 Å². The van der Waals surface area contributed by atoms with E-state index in [1.165, 1.54) is 12.3 Å². The summed E-state index contributed by atoms with van der Waals surface area (Å²) in [4.78, 5) is 11.9. The molecule has 0 radical (unpaired) electrons. The van der Waals surface area contributed by atoms with E-state index < -0.39 is 0 Å². The Morgan fingerprint density at radius 2 is 2.04 bits per heavy atom. The maximum absolute atomic E-state index is 11.9. The van der Waals surface area contributed by atoms with E-state index in [-0.39, 0.29) is 11.7 Å². The fourth-order valence-electron chi connectivity index (χ4n) is 1.80. The lowest BCUT2D eigenvalue weighted by Gasteiger charge is -2.06. The number of phenols is 1. The summed E-state index contributed by atoms with van der Waals surface area (Å²) in [6.45, 7) is 2.59. The number of hydrogen-bond donors (Lipinski definition) is 3. The van der Waals surface area contributed by atoms with Crippen LogP contribution in [0.5, 0.6) is 11.5 Å². The van der Waals surface area contributed by atoms with Crippen LogP contribution in [0.3, 0.4) is 0 Å². The highest BCUT2D eigenvalue weighted by Crippen LogP contribution is 2.22. The maximum Gasteiger partial charge on any atom is 0.271 e. The van der Waals surface area contributed by atoms with Crippen LogP contribution in [0.25, 0.3) is 0 Å². The number of nitrogens with two attached hydrogens (primary N) is 1. The quantitative estimate of drug-likeness (QED) is 0.434. The number of nitrogens with zero attached hydrogens (tertiary/aromatic N) is 1. The summed E-state index contributed by atoms with van der Waals surface area (Å²) in [5.41, 5.74) is 9.46. The number of hydrogen-bond acceptors (Lipinski definition) is 5. The molecule has 0 aliphatic heterocycles. The molecule has 0 saturated heterocycles. The molecular weight excluding hydrogens is 294 g/mol. The molecule has 0 heterocycles. The molecule has 2 aromatic carbocycles. The van der Waals surface area contributed by atoms with E-state index in [0.29, 0.717) is 29.2 Å². The summed E-state index contributed by atoms with van der Waals surface area (Å²) in [7, 11) is 0. The summed E-state index contributed by atoms with van der Waals surface area (Å²) in [5, 5.41) is 13.7. The van der Waals surface area contributed by atoms with Gasteiger partial charge in [0.15, 0.2) is 0 Å². The number of nitrogen functional groups attached to an aromatic ring is 1. The second kappa shape index (κ2) is 7.84. The molecule has 0 bridgehead atoms. The van der Waals surface area contributed by atoms with E-state index in [2.05, 4.69) is 10.5 Å². The molecule has 0 aromatic heterocycles. The van der Waals surface area contributed by atoms with Crippen LogP contribution in [-0.4, -0.2) is 23.8 Å². The van der Waals surface area contributed by atoms with Gasteiger partial charge in [-0.2, -0.15) is 5.10 Å². The normalized spacial score (nSPS) is 10.7. The number of rotatable bonds is 6. The maximum atomic E-state index is 11.9. The number of carbonyl (C=O) groups is 1. The smallest absolute Gasteiger partial charge is 0.271 e. The second-order valence-electron chi connectivity index (χ2n) is 4.89. The highest BCUT2D eigenvalue weighted by Gasteiger charge is 2.04. The minimum Gasteiger partial charge on any atom is -0.507 e. The van der Waals surface area contributed by atoms with Crippen molar-refractivity contribution in [1.82, 2.24) is 5.43 Å². The lowest BCUT2D eigenvalue weighted by molar-refractivity contribution is 0.0955. The van der Waals surface area contributed by atoms with Crippen LogP contribution >= 0.6 is 0 Å². The molecule has 6 nitrogen and oxygen atoms in total. The van der Waals surface area contributed by atoms with Gasteiger partial charge in [-0.25, -0.2) is 5.43 Å². The number of anilines is 1. The van der Waals surface area contributed by atoms with Crippen LogP contribution in [0.4, 0.5) is 5.69 Å². The molecule has 0 saturated carbocycles. The van der Waals surface area contributed by atoms with Gasteiger partial charge in [0, 0.05) is 22.9 Å². The molecular formula is C17H19N3O3. The van der Waals surface area contributed by atoms with Crippen LogP contribution < -0.4 is 15.9 Å². The van der Waals surface area contributed by atoms with Crippen molar-refractivity contribution in [2.24, 2.45) is 5.10 Å². The molecule has 120 valence electrons. The van der Waals surface area contributed by atoms with Gasteiger partial charge >= 0.3 is 0 Å². The Balaban J connectivity index is 1.97. The van der Waals surface area contributed by atoms with Gasteiger partial charge < -0.3 is 15.6 Å². The zero-order valence-corrected chi connectivity index (χ0v) is 12.8. The summed E-state index contributed by atoms with van der Waals surface area (Å²) in [5.74, 6) is 0.264. The number of carbonyl (C=O) groups excluding carboxylic acids is 1. The van der Waals surface area contributed by atoms with E-state index in [0.717, 1.165) is 6.42 Å². The predicted molar refractivity (Wildman–Crippen MR) is 89.8 cm³/mol. The molecule has 23 heavy (non-hydrogen) atoms. The average Bonchev–Trinajstić information content (AvgIpc) is 2.55. The van der Waals surface area contributed by atoms with Gasteiger partial charge in [-0.15, -0.1) is 0 Å². The standard InChI is InChI=1S/C17H19N3O3/c1-2-9-23-15-8-5-13(16(21)10-15)11-19-20-17(22)12-3-6-14(18)7-4-12/h3-8,10-11,21H,2,9,18H2,1H3,(H,20,22). The SMILES string of the molecule is CCCOc1ccc(C=NNC(=O)c2ccc(N)cc2)c(O)c1. The van der Waals surface area contributed by atoms with Gasteiger partial charge in [-0.3, -0.25) is 4.79 Å². The third kappa shape index (κ3) is 4.74. The molecule has 2 aromatic rings. The fourth-order valence-corrected chi connectivity index (χ4v) is 1.80. The summed E-state index contributed by atoms with van der Waals surface area (Å²) < 4.78 is 5.42. The number of aromatic hydroxyl groups is 1. The van der Waals surface area contributed by atoms with Crippen LogP contribution in [-0.2, 0) is 0 Å². The highest BCUT2D eigenvalue weighted by molar-refractivity contribution is 5.95. The monoisotopic (exact) mass is 313 g/mol. The van der Waals surface area contributed by atoms with E-state index in [4.69, 9.17) is 10.5 Å². The molecule has 2 rings (SSSR count). The number of benzene rings is 2. The third-order valence-electron chi connectivity index (χ3n) is 3.02. The zero-order chi connectivity index (χ0) is 16.7.